The van der Waals surface area contributed by atoms with Gasteiger partial charge in [-0.05, 0) is 33.0 Å². The third kappa shape index (κ3) is 4.62. The van der Waals surface area contributed by atoms with E-state index in [1.807, 2.05) is 7.05 Å². The van der Waals surface area contributed by atoms with Crippen LogP contribution in [0.15, 0.2) is 24.3 Å². The van der Waals surface area contributed by atoms with E-state index in [1.54, 1.807) is 26.0 Å². The quantitative estimate of drug-likeness (QED) is 0.476. The molecule has 2 bridgehead atoms. The molecule has 2 aromatic heterocycles. The van der Waals surface area contributed by atoms with E-state index >= 15 is 0 Å². The number of rotatable bonds is 1. The summed E-state index contributed by atoms with van der Waals surface area (Å²) in [6, 6.07) is 5.19. The van der Waals surface area contributed by atoms with Crippen molar-refractivity contribution in [3.8, 4) is 11.8 Å². The van der Waals surface area contributed by atoms with Gasteiger partial charge in [0.05, 0.1) is 17.3 Å². The molecule has 5 rings (SSSR count). The molecule has 1 N–H and O–H groups in total. The van der Waals surface area contributed by atoms with E-state index in [2.05, 4.69) is 25.2 Å². The number of benzene rings is 1. The molecule has 12 heteroatoms. The summed E-state index contributed by atoms with van der Waals surface area (Å²) in [7, 11) is -0.707. The fourth-order valence-corrected chi connectivity index (χ4v) is 7.30. The van der Waals surface area contributed by atoms with E-state index in [-0.39, 0.29) is 25.0 Å². The van der Waals surface area contributed by atoms with E-state index in [9.17, 15) is 17.7 Å². The van der Waals surface area contributed by atoms with Crippen LogP contribution < -0.4 is 20.2 Å². The smallest absolute Gasteiger partial charge is 0.419 e. The number of aromatic nitrogens is 3. The lowest BCUT2D eigenvalue weighted by molar-refractivity contribution is -0.139. The summed E-state index contributed by atoms with van der Waals surface area (Å²) in [5.74, 6) is 0.135. The molecule has 1 saturated heterocycles. The van der Waals surface area contributed by atoms with Crippen LogP contribution >= 0.6 is 7.14 Å². The van der Waals surface area contributed by atoms with Crippen molar-refractivity contribution in [2.24, 2.45) is 0 Å². The zero-order valence-corrected chi connectivity index (χ0v) is 21.1. The number of hydrogen-bond acceptors (Lipinski definition) is 8. The molecule has 0 aliphatic carbocycles. The fraction of sp³-hybridized carbons (Fsp3) is 0.458. The van der Waals surface area contributed by atoms with Crippen molar-refractivity contribution in [3.63, 3.8) is 0 Å². The van der Waals surface area contributed by atoms with Crippen LogP contribution in [0.2, 0.25) is 0 Å². The lowest BCUT2D eigenvalue weighted by Gasteiger charge is -2.29. The van der Waals surface area contributed by atoms with Gasteiger partial charge in [0.15, 0.2) is 0 Å². The number of hydrogen-bond donors (Lipinski definition) is 1. The number of ether oxygens (including phenoxy) is 2. The predicted octanol–water partition coefficient (Wildman–Crippen LogP) is 4.23. The third-order valence-corrected chi connectivity index (χ3v) is 9.57. The van der Waals surface area contributed by atoms with Crippen molar-refractivity contribution < 1.29 is 27.2 Å². The second-order valence-electron chi connectivity index (χ2n) is 9.24. The molecule has 4 heterocycles. The second kappa shape index (κ2) is 9.19. The van der Waals surface area contributed by atoms with E-state index in [0.29, 0.717) is 45.7 Å². The topological polar surface area (TPSA) is 89.5 Å². The molecule has 0 radical (unpaired) electrons. The van der Waals surface area contributed by atoms with Gasteiger partial charge in [-0.2, -0.15) is 23.1 Å². The van der Waals surface area contributed by atoms with Gasteiger partial charge in [-0.3, -0.25) is 0 Å². The lowest BCUT2D eigenvalue weighted by Crippen LogP contribution is -2.34. The van der Waals surface area contributed by atoms with Crippen molar-refractivity contribution in [1.29, 1.82) is 0 Å². The Kier molecular flexibility index (Phi) is 6.32. The standard InChI is InChI=1S/C24H27F3N5O3P/c1-14-16-5-4-6-18(24(25,26)27)21(16)34-9-10-35-23-30-20-15(2)28-19(13-17(20)22(29-14)31-23)36(33)11-7-32(3)8-12-36/h4-6,13-14H,7-12H2,1-3H3,(H,29,30,31)/t14-/m1/s1. The van der Waals surface area contributed by atoms with Crippen molar-refractivity contribution in [1.82, 2.24) is 19.9 Å². The minimum atomic E-state index is -4.58. The Bertz CT molecular complexity index is 1360. The molecule has 0 unspecified atom stereocenters. The highest BCUT2D eigenvalue weighted by Gasteiger charge is 2.36. The van der Waals surface area contributed by atoms with E-state index in [1.165, 1.54) is 6.07 Å². The summed E-state index contributed by atoms with van der Waals surface area (Å²) in [5, 5.41) is 3.83. The Balaban J connectivity index is 1.63. The van der Waals surface area contributed by atoms with Gasteiger partial charge in [-0.1, -0.05) is 12.1 Å². The highest BCUT2D eigenvalue weighted by Crippen LogP contribution is 2.46. The van der Waals surface area contributed by atoms with Crippen LogP contribution in [0.5, 0.6) is 11.8 Å². The molecule has 36 heavy (non-hydrogen) atoms. The van der Waals surface area contributed by atoms with Gasteiger partial charge in [0, 0.05) is 36.4 Å². The molecule has 2 aliphatic rings. The average molecular weight is 521 g/mol. The number of aryl methyl sites for hydroxylation is 1. The van der Waals surface area contributed by atoms with Gasteiger partial charge < -0.3 is 24.3 Å². The monoisotopic (exact) mass is 521 g/mol. The molecule has 0 amide bonds. The van der Waals surface area contributed by atoms with Crippen LogP contribution in [0, 0.1) is 6.92 Å². The molecule has 0 spiro atoms. The number of nitrogens with one attached hydrogen (secondary N) is 1. The third-order valence-electron chi connectivity index (χ3n) is 6.66. The number of alkyl halides is 3. The van der Waals surface area contributed by atoms with Crippen LogP contribution in [0.25, 0.3) is 10.9 Å². The molecular formula is C24H27F3N5O3P. The minimum absolute atomic E-state index is 0.0434. The second-order valence-corrected chi connectivity index (χ2v) is 12.4. The zero-order chi connectivity index (χ0) is 25.7. The average Bonchev–Trinajstić information content (AvgIpc) is 2.85. The van der Waals surface area contributed by atoms with Crippen molar-refractivity contribution in [2.75, 3.05) is 51.0 Å². The first-order valence-electron chi connectivity index (χ1n) is 11.7. The Labute approximate surface area is 206 Å². The van der Waals surface area contributed by atoms with Crippen LogP contribution in [0.3, 0.4) is 0 Å². The normalized spacial score (nSPS) is 20.4. The maximum Gasteiger partial charge on any atom is 0.419 e. The number of anilines is 1. The first kappa shape index (κ1) is 24.8. The number of nitrogens with zero attached hydrogens (tertiary/aromatic N) is 4. The molecule has 3 aromatic rings. The zero-order valence-electron chi connectivity index (χ0n) is 20.2. The number of halogens is 3. The van der Waals surface area contributed by atoms with Gasteiger partial charge >= 0.3 is 12.2 Å². The highest BCUT2D eigenvalue weighted by molar-refractivity contribution is 7.71. The summed E-state index contributed by atoms with van der Waals surface area (Å²) in [5.41, 5.74) is 1.14. The minimum Gasteiger partial charge on any atom is -0.489 e. The number of pyridine rings is 1. The number of para-hydroxylation sites is 1. The van der Waals surface area contributed by atoms with Gasteiger partial charge in [0.25, 0.3) is 0 Å². The first-order valence-corrected chi connectivity index (χ1v) is 13.8. The first-order chi connectivity index (χ1) is 17.0. The van der Waals surface area contributed by atoms with Crippen LogP contribution in [-0.4, -0.2) is 65.5 Å². The van der Waals surface area contributed by atoms with Gasteiger partial charge in [0.2, 0.25) is 0 Å². The van der Waals surface area contributed by atoms with E-state index < -0.39 is 24.9 Å². The molecule has 0 saturated carbocycles. The van der Waals surface area contributed by atoms with E-state index in [0.717, 1.165) is 19.2 Å². The summed E-state index contributed by atoms with van der Waals surface area (Å²) in [4.78, 5) is 15.8. The molecule has 1 fully saturated rings. The summed E-state index contributed by atoms with van der Waals surface area (Å²) < 4.78 is 66.2. The summed E-state index contributed by atoms with van der Waals surface area (Å²) >= 11 is 0. The molecule has 8 nitrogen and oxygen atoms in total. The largest absolute Gasteiger partial charge is 0.489 e. The van der Waals surface area contributed by atoms with Crippen molar-refractivity contribution >= 4 is 29.3 Å². The van der Waals surface area contributed by atoms with Crippen LogP contribution in [-0.2, 0) is 10.7 Å². The Morgan fingerprint density at radius 2 is 1.83 bits per heavy atom. The maximum absolute atomic E-state index is 13.8. The molecule has 1 atom stereocenters. The Morgan fingerprint density at radius 3 is 2.56 bits per heavy atom. The number of fused-ring (bicyclic) bond motifs is 5. The van der Waals surface area contributed by atoms with Gasteiger partial charge in [-0.25, -0.2) is 4.98 Å². The molecule has 192 valence electrons. The lowest BCUT2D eigenvalue weighted by atomic mass is 10.0. The molecular weight excluding hydrogens is 494 g/mol. The molecule has 2 aliphatic heterocycles. The van der Waals surface area contributed by atoms with Crippen molar-refractivity contribution in [3.05, 3.63) is 41.1 Å². The highest BCUT2D eigenvalue weighted by atomic mass is 31.2. The molecule has 1 aromatic carbocycles. The van der Waals surface area contributed by atoms with Gasteiger partial charge in [0.1, 0.15) is 42.9 Å². The predicted molar refractivity (Wildman–Crippen MR) is 131 cm³/mol. The van der Waals surface area contributed by atoms with Gasteiger partial charge in [-0.15, -0.1) is 0 Å². The van der Waals surface area contributed by atoms with Crippen molar-refractivity contribution in [2.45, 2.75) is 26.1 Å². The SMILES string of the molecule is Cc1nc(P2(=O)CCN(C)CC2)cc2c3nc(nc12)OCCOc1c(cccc1C(F)(F)F)[C@@H](C)N3. The Hall–Kier alpha value is -2.91. The summed E-state index contributed by atoms with van der Waals surface area (Å²) in [6.45, 7) is 4.82. The maximum atomic E-state index is 13.8. The van der Waals surface area contributed by atoms with Crippen LogP contribution in [0.4, 0.5) is 19.0 Å². The van der Waals surface area contributed by atoms with Crippen LogP contribution in [0.1, 0.15) is 29.8 Å². The Morgan fingerprint density at radius 1 is 1.11 bits per heavy atom. The van der Waals surface area contributed by atoms with E-state index in [4.69, 9.17) is 9.47 Å². The fourth-order valence-electron chi connectivity index (χ4n) is 4.59. The summed E-state index contributed by atoms with van der Waals surface area (Å²) in [6.07, 6.45) is -3.50.